The SMILES string of the molecule is O=C(NCCc1ccccc1F)N1CCN(CCCOCC(F)(F)F)CC1. The van der Waals surface area contributed by atoms with Gasteiger partial charge in [0.25, 0.3) is 0 Å². The molecule has 0 radical (unpaired) electrons. The molecule has 0 aliphatic carbocycles. The Morgan fingerprint density at radius 2 is 1.85 bits per heavy atom. The van der Waals surface area contributed by atoms with E-state index in [0.717, 1.165) is 0 Å². The van der Waals surface area contributed by atoms with E-state index in [1.54, 1.807) is 23.1 Å². The van der Waals surface area contributed by atoms with Gasteiger partial charge in [-0.05, 0) is 24.5 Å². The highest BCUT2D eigenvalue weighted by atomic mass is 19.4. The second-order valence-electron chi connectivity index (χ2n) is 6.42. The van der Waals surface area contributed by atoms with E-state index in [4.69, 9.17) is 0 Å². The lowest BCUT2D eigenvalue weighted by atomic mass is 10.1. The maximum absolute atomic E-state index is 13.5. The van der Waals surface area contributed by atoms with Crippen molar-refractivity contribution in [3.05, 3.63) is 35.6 Å². The summed E-state index contributed by atoms with van der Waals surface area (Å²) in [5.74, 6) is -0.278. The van der Waals surface area contributed by atoms with Crippen LogP contribution in [-0.2, 0) is 11.2 Å². The molecule has 0 unspecified atom stereocenters. The molecule has 1 aliphatic rings. The molecule has 1 heterocycles. The van der Waals surface area contributed by atoms with Crippen LogP contribution in [0.3, 0.4) is 0 Å². The number of nitrogens with zero attached hydrogens (tertiary/aromatic N) is 2. The molecule has 0 bridgehead atoms. The molecule has 1 aromatic carbocycles. The van der Waals surface area contributed by atoms with Crippen molar-refractivity contribution in [3.63, 3.8) is 0 Å². The normalized spacial score (nSPS) is 15.8. The van der Waals surface area contributed by atoms with Crippen molar-refractivity contribution < 1.29 is 27.1 Å². The van der Waals surface area contributed by atoms with Crippen molar-refractivity contribution in [2.75, 3.05) is 52.5 Å². The lowest BCUT2D eigenvalue weighted by molar-refractivity contribution is -0.174. The predicted molar refractivity (Wildman–Crippen MR) is 93.0 cm³/mol. The molecular weight excluding hydrogens is 366 g/mol. The Balaban J connectivity index is 1.57. The quantitative estimate of drug-likeness (QED) is 0.548. The summed E-state index contributed by atoms with van der Waals surface area (Å²) in [7, 11) is 0. The third kappa shape index (κ3) is 8.13. The number of rotatable bonds is 8. The molecule has 27 heavy (non-hydrogen) atoms. The summed E-state index contributed by atoms with van der Waals surface area (Å²) in [6.07, 6.45) is -3.34. The molecule has 1 saturated heterocycles. The van der Waals surface area contributed by atoms with Crippen molar-refractivity contribution in [1.29, 1.82) is 0 Å². The molecule has 2 rings (SSSR count). The van der Waals surface area contributed by atoms with Gasteiger partial charge in [-0.2, -0.15) is 13.2 Å². The molecule has 0 spiro atoms. The molecule has 0 atom stereocenters. The smallest absolute Gasteiger partial charge is 0.372 e. The van der Waals surface area contributed by atoms with Gasteiger partial charge in [-0.15, -0.1) is 0 Å². The Morgan fingerprint density at radius 1 is 1.15 bits per heavy atom. The van der Waals surface area contributed by atoms with Crippen LogP contribution < -0.4 is 5.32 Å². The average Bonchev–Trinajstić information content (AvgIpc) is 2.62. The summed E-state index contributed by atoms with van der Waals surface area (Å²) >= 11 is 0. The monoisotopic (exact) mass is 391 g/mol. The first-order chi connectivity index (χ1) is 12.8. The minimum absolute atomic E-state index is 0.0657. The van der Waals surface area contributed by atoms with Gasteiger partial charge in [0.2, 0.25) is 0 Å². The lowest BCUT2D eigenvalue weighted by Crippen LogP contribution is -2.52. The number of amides is 2. The van der Waals surface area contributed by atoms with Gasteiger partial charge < -0.3 is 15.0 Å². The van der Waals surface area contributed by atoms with E-state index in [2.05, 4.69) is 15.0 Å². The van der Waals surface area contributed by atoms with E-state index in [1.165, 1.54) is 6.07 Å². The van der Waals surface area contributed by atoms with Crippen LogP contribution >= 0.6 is 0 Å². The molecule has 0 aromatic heterocycles. The highest BCUT2D eigenvalue weighted by Gasteiger charge is 2.27. The number of piperazine rings is 1. The zero-order chi connectivity index (χ0) is 19.7. The van der Waals surface area contributed by atoms with Crippen LogP contribution in [0.15, 0.2) is 24.3 Å². The molecule has 1 aromatic rings. The minimum atomic E-state index is -4.29. The fourth-order valence-electron chi connectivity index (χ4n) is 2.87. The maximum atomic E-state index is 13.5. The van der Waals surface area contributed by atoms with Crippen molar-refractivity contribution >= 4 is 6.03 Å². The Hall–Kier alpha value is -1.87. The molecular formula is C18H25F4N3O2. The van der Waals surface area contributed by atoms with Gasteiger partial charge in [-0.25, -0.2) is 9.18 Å². The van der Waals surface area contributed by atoms with E-state index < -0.39 is 12.8 Å². The number of benzene rings is 1. The Labute approximate surface area is 156 Å². The standard InChI is InChI=1S/C18H25F4N3O2/c19-16-5-2-1-4-15(16)6-7-23-17(26)25-11-9-24(10-12-25)8-3-13-27-14-18(20,21)22/h1-2,4-5H,3,6-14H2,(H,23,26). The first-order valence-electron chi connectivity index (χ1n) is 8.98. The van der Waals surface area contributed by atoms with Crippen LogP contribution in [0.25, 0.3) is 0 Å². The molecule has 1 aliphatic heterocycles. The van der Waals surface area contributed by atoms with E-state index in [1.807, 2.05) is 0 Å². The van der Waals surface area contributed by atoms with Crippen molar-refractivity contribution in [3.8, 4) is 0 Å². The van der Waals surface area contributed by atoms with Crippen LogP contribution in [0, 0.1) is 5.82 Å². The summed E-state index contributed by atoms with van der Waals surface area (Å²) in [6.45, 7) is 2.28. The number of hydrogen-bond donors (Lipinski definition) is 1. The number of nitrogens with one attached hydrogen (secondary N) is 1. The van der Waals surface area contributed by atoms with Crippen molar-refractivity contribution in [2.45, 2.75) is 19.0 Å². The average molecular weight is 391 g/mol. The van der Waals surface area contributed by atoms with Gasteiger partial charge >= 0.3 is 12.2 Å². The number of carbonyl (C=O) groups excluding carboxylic acids is 1. The van der Waals surface area contributed by atoms with Crippen molar-refractivity contribution in [2.24, 2.45) is 0 Å². The number of ether oxygens (including phenoxy) is 1. The van der Waals surface area contributed by atoms with E-state index in [-0.39, 0.29) is 18.5 Å². The molecule has 0 saturated carbocycles. The Bertz CT molecular complexity index is 590. The van der Waals surface area contributed by atoms with Gasteiger partial charge in [0.05, 0.1) is 0 Å². The van der Waals surface area contributed by atoms with Crippen molar-refractivity contribution in [1.82, 2.24) is 15.1 Å². The second-order valence-corrected chi connectivity index (χ2v) is 6.42. The highest BCUT2D eigenvalue weighted by molar-refractivity contribution is 5.74. The predicted octanol–water partition coefficient (Wildman–Crippen LogP) is 2.66. The van der Waals surface area contributed by atoms with E-state index in [9.17, 15) is 22.4 Å². The van der Waals surface area contributed by atoms with E-state index >= 15 is 0 Å². The van der Waals surface area contributed by atoms with Crippen LogP contribution in [0.1, 0.15) is 12.0 Å². The van der Waals surface area contributed by atoms with Gasteiger partial charge in [0, 0.05) is 45.9 Å². The summed E-state index contributed by atoms with van der Waals surface area (Å²) in [5.41, 5.74) is 0.565. The molecule has 1 fully saturated rings. The maximum Gasteiger partial charge on any atom is 0.411 e. The summed E-state index contributed by atoms with van der Waals surface area (Å²) in [4.78, 5) is 15.9. The topological polar surface area (TPSA) is 44.8 Å². The van der Waals surface area contributed by atoms with Crippen LogP contribution in [0.5, 0.6) is 0 Å². The van der Waals surface area contributed by atoms with Crippen LogP contribution in [0.4, 0.5) is 22.4 Å². The second kappa shape index (κ2) is 10.5. The zero-order valence-corrected chi connectivity index (χ0v) is 15.1. The van der Waals surface area contributed by atoms with Gasteiger partial charge in [0.1, 0.15) is 12.4 Å². The molecule has 5 nitrogen and oxygen atoms in total. The largest absolute Gasteiger partial charge is 0.411 e. The highest BCUT2D eigenvalue weighted by Crippen LogP contribution is 2.14. The third-order valence-electron chi connectivity index (χ3n) is 4.32. The number of urea groups is 1. The third-order valence-corrected chi connectivity index (χ3v) is 4.32. The summed E-state index contributed by atoms with van der Waals surface area (Å²) in [5, 5.41) is 2.79. The van der Waals surface area contributed by atoms with Crippen LogP contribution in [-0.4, -0.2) is 74.5 Å². The number of alkyl halides is 3. The Kier molecular flexibility index (Phi) is 8.30. The summed E-state index contributed by atoms with van der Waals surface area (Å²) in [6, 6.07) is 6.29. The number of halogens is 4. The van der Waals surface area contributed by atoms with Gasteiger partial charge in [0.15, 0.2) is 0 Å². The fraction of sp³-hybridized carbons (Fsp3) is 0.611. The van der Waals surface area contributed by atoms with Gasteiger partial charge in [-0.1, -0.05) is 18.2 Å². The molecule has 1 N–H and O–H groups in total. The van der Waals surface area contributed by atoms with E-state index in [0.29, 0.717) is 57.7 Å². The lowest BCUT2D eigenvalue weighted by Gasteiger charge is -2.34. The first-order valence-corrected chi connectivity index (χ1v) is 8.98. The van der Waals surface area contributed by atoms with Gasteiger partial charge in [-0.3, -0.25) is 4.90 Å². The molecule has 9 heteroatoms. The molecule has 2 amide bonds. The summed E-state index contributed by atoms with van der Waals surface area (Å²) < 4.78 is 54.0. The Morgan fingerprint density at radius 3 is 2.52 bits per heavy atom. The number of carbonyl (C=O) groups is 1. The number of hydrogen-bond acceptors (Lipinski definition) is 3. The first kappa shape index (κ1) is 21.4. The fourth-order valence-corrected chi connectivity index (χ4v) is 2.87. The zero-order valence-electron chi connectivity index (χ0n) is 15.1. The van der Waals surface area contributed by atoms with Crippen LogP contribution in [0.2, 0.25) is 0 Å². The minimum Gasteiger partial charge on any atom is -0.372 e. The molecule has 152 valence electrons.